The lowest BCUT2D eigenvalue weighted by atomic mass is 10.0. The summed E-state index contributed by atoms with van der Waals surface area (Å²) in [6, 6.07) is 15.3. The van der Waals surface area contributed by atoms with E-state index in [2.05, 4.69) is 40.1 Å². The van der Waals surface area contributed by atoms with Crippen LogP contribution in [0.2, 0.25) is 0 Å². The van der Waals surface area contributed by atoms with Crippen molar-refractivity contribution in [1.29, 1.82) is 0 Å². The molecular weight excluding hydrogens is 410 g/mol. The van der Waals surface area contributed by atoms with Crippen LogP contribution >= 0.6 is 0 Å². The van der Waals surface area contributed by atoms with Gasteiger partial charge in [-0.1, -0.05) is 30.3 Å². The van der Waals surface area contributed by atoms with Gasteiger partial charge in [-0.05, 0) is 69.3 Å². The highest BCUT2D eigenvalue weighted by Crippen LogP contribution is 2.32. The normalized spacial score (nSPS) is 26.2. The molecule has 2 aromatic rings. The minimum absolute atomic E-state index is 0.103. The topological polar surface area (TPSA) is 57.0 Å². The van der Waals surface area contributed by atoms with Crippen LogP contribution in [0, 0.1) is 0 Å². The Morgan fingerprint density at radius 2 is 1.42 bits per heavy atom. The molecule has 3 aliphatic rings. The van der Waals surface area contributed by atoms with Crippen LogP contribution in [-0.4, -0.2) is 60.8 Å². The van der Waals surface area contributed by atoms with Gasteiger partial charge in [-0.25, -0.2) is 8.42 Å². The third kappa shape index (κ3) is 4.46. The van der Waals surface area contributed by atoms with Crippen molar-refractivity contribution in [1.82, 2.24) is 14.1 Å². The number of rotatable bonds is 7. The number of furan rings is 1. The SMILES string of the molecule is O=S(=O)(c1ccc(CN2CCCC2C2CCCN2Cc2ccccc2)o1)N1CCCC1. The smallest absolute Gasteiger partial charge is 0.276 e. The number of nitrogens with zero attached hydrogens (tertiary/aromatic N) is 3. The van der Waals surface area contributed by atoms with Crippen LogP contribution in [0.1, 0.15) is 49.8 Å². The van der Waals surface area contributed by atoms with E-state index in [0.29, 0.717) is 31.7 Å². The van der Waals surface area contributed by atoms with E-state index in [4.69, 9.17) is 4.42 Å². The molecule has 6 nitrogen and oxygen atoms in total. The molecule has 3 saturated heterocycles. The van der Waals surface area contributed by atoms with Gasteiger partial charge in [-0.3, -0.25) is 9.80 Å². The maximum Gasteiger partial charge on any atom is 0.276 e. The van der Waals surface area contributed by atoms with E-state index in [1.54, 1.807) is 10.4 Å². The highest BCUT2D eigenvalue weighted by atomic mass is 32.2. The van der Waals surface area contributed by atoms with Crippen LogP contribution in [0.3, 0.4) is 0 Å². The summed E-state index contributed by atoms with van der Waals surface area (Å²) in [7, 11) is -3.48. The van der Waals surface area contributed by atoms with Gasteiger partial charge in [0.2, 0.25) is 5.09 Å². The zero-order chi connectivity index (χ0) is 21.3. The molecule has 3 fully saturated rings. The summed E-state index contributed by atoms with van der Waals surface area (Å²) < 4.78 is 33.0. The summed E-state index contributed by atoms with van der Waals surface area (Å²) in [5, 5.41) is 0.103. The first-order chi connectivity index (χ1) is 15.1. The maximum atomic E-state index is 12.8. The predicted molar refractivity (Wildman–Crippen MR) is 120 cm³/mol. The third-order valence-electron chi connectivity index (χ3n) is 7.16. The van der Waals surface area contributed by atoms with Crippen molar-refractivity contribution in [3.8, 4) is 0 Å². The Hall–Kier alpha value is -1.67. The molecule has 1 aromatic carbocycles. The standard InChI is InChI=1S/C24H33N3O3S/c28-31(29,27-16-4-5-17-27)24-13-12-21(30-24)19-26-15-7-11-23(26)22-10-6-14-25(22)18-20-8-2-1-3-9-20/h1-3,8-9,12-13,22-23H,4-7,10-11,14-19H2. The zero-order valence-corrected chi connectivity index (χ0v) is 19.0. The van der Waals surface area contributed by atoms with Crippen molar-refractivity contribution in [2.24, 2.45) is 0 Å². The molecule has 0 radical (unpaired) electrons. The number of benzene rings is 1. The average molecular weight is 444 g/mol. The van der Waals surface area contributed by atoms with E-state index in [1.807, 2.05) is 6.07 Å². The fourth-order valence-electron chi connectivity index (χ4n) is 5.62. The highest BCUT2D eigenvalue weighted by molar-refractivity contribution is 7.89. The lowest BCUT2D eigenvalue weighted by Gasteiger charge is -2.34. The van der Waals surface area contributed by atoms with Crippen LogP contribution in [0.5, 0.6) is 0 Å². The Bertz CT molecular complexity index is 969. The predicted octanol–water partition coefficient (Wildman–Crippen LogP) is 3.69. The van der Waals surface area contributed by atoms with Gasteiger partial charge in [0.15, 0.2) is 0 Å². The van der Waals surface area contributed by atoms with Crippen molar-refractivity contribution in [2.45, 2.75) is 68.8 Å². The summed E-state index contributed by atoms with van der Waals surface area (Å²) in [5.41, 5.74) is 1.38. The van der Waals surface area contributed by atoms with E-state index in [9.17, 15) is 8.42 Å². The van der Waals surface area contributed by atoms with Crippen LogP contribution in [0.4, 0.5) is 0 Å². The molecule has 4 heterocycles. The molecule has 0 aliphatic carbocycles. The van der Waals surface area contributed by atoms with E-state index >= 15 is 0 Å². The minimum Gasteiger partial charge on any atom is -0.447 e. The zero-order valence-electron chi connectivity index (χ0n) is 18.2. The van der Waals surface area contributed by atoms with E-state index in [0.717, 1.165) is 38.2 Å². The van der Waals surface area contributed by atoms with Gasteiger partial charge >= 0.3 is 0 Å². The van der Waals surface area contributed by atoms with Gasteiger partial charge in [0.1, 0.15) is 5.76 Å². The summed E-state index contributed by atoms with van der Waals surface area (Å²) in [4.78, 5) is 5.16. The van der Waals surface area contributed by atoms with Crippen LogP contribution < -0.4 is 0 Å². The monoisotopic (exact) mass is 443 g/mol. The lowest BCUT2D eigenvalue weighted by Crippen LogP contribution is -2.45. The van der Waals surface area contributed by atoms with Crippen molar-refractivity contribution in [3.05, 3.63) is 53.8 Å². The first kappa shape index (κ1) is 21.2. The Labute approximate surface area is 185 Å². The molecule has 168 valence electrons. The number of hydrogen-bond acceptors (Lipinski definition) is 5. The average Bonchev–Trinajstić information content (AvgIpc) is 3.56. The first-order valence-electron chi connectivity index (χ1n) is 11.7. The molecule has 1 aromatic heterocycles. The van der Waals surface area contributed by atoms with Crippen LogP contribution in [0.15, 0.2) is 52.0 Å². The Morgan fingerprint density at radius 1 is 0.774 bits per heavy atom. The summed E-state index contributed by atoms with van der Waals surface area (Å²) >= 11 is 0. The minimum atomic E-state index is -3.48. The molecule has 3 aliphatic heterocycles. The van der Waals surface area contributed by atoms with E-state index in [-0.39, 0.29) is 5.09 Å². The molecule has 0 spiro atoms. The van der Waals surface area contributed by atoms with Gasteiger partial charge in [-0.15, -0.1) is 0 Å². The molecule has 31 heavy (non-hydrogen) atoms. The second kappa shape index (κ2) is 9.06. The largest absolute Gasteiger partial charge is 0.447 e. The molecule has 5 rings (SSSR count). The fourth-order valence-corrected chi connectivity index (χ4v) is 7.07. The molecule has 0 amide bonds. The van der Waals surface area contributed by atoms with Crippen molar-refractivity contribution < 1.29 is 12.8 Å². The quantitative estimate of drug-likeness (QED) is 0.653. The molecule has 0 bridgehead atoms. The maximum absolute atomic E-state index is 12.8. The number of hydrogen-bond donors (Lipinski definition) is 0. The molecule has 0 N–H and O–H groups in total. The number of sulfonamides is 1. The number of likely N-dealkylation sites (tertiary alicyclic amines) is 2. The molecule has 2 unspecified atom stereocenters. The molecule has 7 heteroatoms. The summed E-state index contributed by atoms with van der Waals surface area (Å²) in [6.45, 7) is 5.11. The van der Waals surface area contributed by atoms with Gasteiger partial charge < -0.3 is 4.42 Å². The lowest BCUT2D eigenvalue weighted by molar-refractivity contribution is 0.117. The van der Waals surface area contributed by atoms with Gasteiger partial charge in [0.25, 0.3) is 10.0 Å². The third-order valence-corrected chi connectivity index (χ3v) is 8.93. The van der Waals surface area contributed by atoms with Gasteiger partial charge in [0, 0.05) is 31.7 Å². The molecule has 2 atom stereocenters. The Balaban J connectivity index is 1.26. The summed E-state index contributed by atoms with van der Waals surface area (Å²) in [6.07, 6.45) is 6.75. The second-order valence-electron chi connectivity index (χ2n) is 9.18. The van der Waals surface area contributed by atoms with Gasteiger partial charge in [0.05, 0.1) is 6.54 Å². The first-order valence-corrected chi connectivity index (χ1v) is 13.2. The second-order valence-corrected chi connectivity index (χ2v) is 11.0. The van der Waals surface area contributed by atoms with Crippen molar-refractivity contribution in [2.75, 3.05) is 26.2 Å². The fraction of sp³-hybridized carbons (Fsp3) is 0.583. The highest BCUT2D eigenvalue weighted by Gasteiger charge is 2.38. The van der Waals surface area contributed by atoms with Crippen molar-refractivity contribution >= 4 is 10.0 Å². The summed E-state index contributed by atoms with van der Waals surface area (Å²) in [5.74, 6) is 0.761. The molecular formula is C24H33N3O3S. The molecule has 0 saturated carbocycles. The van der Waals surface area contributed by atoms with Crippen LogP contribution in [0.25, 0.3) is 0 Å². The van der Waals surface area contributed by atoms with Crippen molar-refractivity contribution in [3.63, 3.8) is 0 Å². The van der Waals surface area contributed by atoms with E-state index in [1.165, 1.54) is 31.2 Å². The Morgan fingerprint density at radius 3 is 2.10 bits per heavy atom. The van der Waals surface area contributed by atoms with Gasteiger partial charge in [-0.2, -0.15) is 4.31 Å². The van der Waals surface area contributed by atoms with E-state index < -0.39 is 10.0 Å². The Kier molecular flexibility index (Phi) is 6.19. The van der Waals surface area contributed by atoms with Crippen LogP contribution in [-0.2, 0) is 23.1 Å².